The number of hydrogen-bond donors (Lipinski definition) is 3. The highest BCUT2D eigenvalue weighted by molar-refractivity contribution is 6.04. The van der Waals surface area contributed by atoms with Crippen molar-refractivity contribution in [2.75, 3.05) is 42.6 Å². The van der Waals surface area contributed by atoms with Crippen molar-refractivity contribution in [3.05, 3.63) is 78.4 Å². The molecule has 1 amide bonds. The van der Waals surface area contributed by atoms with Gasteiger partial charge in [0.2, 0.25) is 0 Å². The van der Waals surface area contributed by atoms with Crippen LogP contribution in [0.4, 0.5) is 17.1 Å². The average molecular weight is 433 g/mol. The summed E-state index contributed by atoms with van der Waals surface area (Å²) in [5.41, 5.74) is 4.63. The van der Waals surface area contributed by atoms with Gasteiger partial charge in [0.25, 0.3) is 5.91 Å². The number of nitrogens with one attached hydrogen (secondary N) is 1. The molecule has 7 heteroatoms. The van der Waals surface area contributed by atoms with Crippen LogP contribution in [0.2, 0.25) is 0 Å². The van der Waals surface area contributed by atoms with E-state index in [0.717, 1.165) is 36.3 Å². The molecule has 0 spiro atoms. The van der Waals surface area contributed by atoms with E-state index >= 15 is 0 Å². The number of carbonyl (C=O) groups excluding carboxylic acids is 1. The molecule has 0 saturated carbocycles. The molecule has 0 aromatic heterocycles. The number of rotatable bonds is 6. The molecule has 0 aliphatic carbocycles. The number of amides is 1. The molecule has 3 N–H and O–H groups in total. The zero-order valence-corrected chi connectivity index (χ0v) is 18.3. The van der Waals surface area contributed by atoms with Crippen molar-refractivity contribution in [1.29, 1.82) is 0 Å². The molecule has 1 fully saturated rings. The van der Waals surface area contributed by atoms with Crippen molar-refractivity contribution in [2.45, 2.75) is 12.5 Å². The number of anilines is 3. The van der Waals surface area contributed by atoms with E-state index in [1.54, 1.807) is 36.4 Å². The summed E-state index contributed by atoms with van der Waals surface area (Å²) >= 11 is 0. The van der Waals surface area contributed by atoms with Crippen LogP contribution in [0.15, 0.2) is 72.8 Å². The highest BCUT2D eigenvalue weighted by Gasteiger charge is 2.24. The normalized spacial score (nSPS) is 15.8. The minimum absolute atomic E-state index is 0.0788. The number of benzene rings is 3. The van der Waals surface area contributed by atoms with E-state index in [2.05, 4.69) is 41.3 Å². The molecule has 7 nitrogen and oxygen atoms in total. The van der Waals surface area contributed by atoms with Crippen LogP contribution in [-0.2, 0) is 0 Å². The molecule has 0 radical (unpaired) electrons. The predicted octanol–water partition coefficient (Wildman–Crippen LogP) is 4.33. The topological polar surface area (TPSA) is 79.3 Å². The first-order valence-electron chi connectivity index (χ1n) is 10.6. The van der Waals surface area contributed by atoms with E-state index in [-0.39, 0.29) is 16.8 Å². The van der Waals surface area contributed by atoms with Crippen molar-refractivity contribution in [3.63, 3.8) is 0 Å². The third kappa shape index (κ3) is 4.91. The average Bonchev–Trinajstić information content (AvgIpc) is 3.30. The van der Waals surface area contributed by atoms with Crippen molar-refractivity contribution < 1.29 is 15.2 Å². The van der Waals surface area contributed by atoms with E-state index in [4.69, 9.17) is 10.4 Å². The fraction of sp³-hybridized carbons (Fsp3) is 0.240. The summed E-state index contributed by atoms with van der Waals surface area (Å²) in [6.45, 7) is 2.06. The second kappa shape index (κ2) is 9.40. The quantitative estimate of drug-likeness (QED) is 0.503. The van der Waals surface area contributed by atoms with E-state index < -0.39 is 0 Å². The monoisotopic (exact) mass is 432 g/mol. The van der Waals surface area contributed by atoms with Crippen LogP contribution in [0.5, 0.6) is 0 Å². The lowest BCUT2D eigenvalue weighted by atomic mass is 10.0. The standard InChI is InChI=1S/C25H28N4O3/c1-27(2)24-15-16-28(17-24)22-13-9-21(10-14-22)26-25(30)20-5-3-18(4-6-20)19-7-11-23(12-8-19)29(31)32/h3-14,24,31-32H,15-17H2,1-2H3,(H,26,30). The van der Waals surface area contributed by atoms with Crippen molar-refractivity contribution in [3.8, 4) is 11.1 Å². The lowest BCUT2D eigenvalue weighted by molar-refractivity contribution is 0.0291. The third-order valence-electron chi connectivity index (χ3n) is 5.96. The van der Waals surface area contributed by atoms with Gasteiger partial charge in [-0.3, -0.25) is 15.2 Å². The summed E-state index contributed by atoms with van der Waals surface area (Å²) < 4.78 is 0. The zero-order chi connectivity index (χ0) is 22.7. The van der Waals surface area contributed by atoms with Gasteiger partial charge in [0.1, 0.15) is 0 Å². The Morgan fingerprint density at radius 1 is 0.906 bits per heavy atom. The van der Waals surface area contributed by atoms with Gasteiger partial charge in [0.15, 0.2) is 0 Å². The van der Waals surface area contributed by atoms with Crippen molar-refractivity contribution >= 4 is 23.0 Å². The Morgan fingerprint density at radius 2 is 1.50 bits per heavy atom. The van der Waals surface area contributed by atoms with E-state index in [0.29, 0.717) is 11.6 Å². The fourth-order valence-electron chi connectivity index (χ4n) is 3.96. The molecular weight excluding hydrogens is 404 g/mol. The lowest BCUT2D eigenvalue weighted by Crippen LogP contribution is -2.31. The Kier molecular flexibility index (Phi) is 6.41. The summed E-state index contributed by atoms with van der Waals surface area (Å²) in [6.07, 6.45) is 1.16. The van der Waals surface area contributed by atoms with Crippen LogP contribution in [0, 0.1) is 0 Å². The first-order valence-corrected chi connectivity index (χ1v) is 10.6. The SMILES string of the molecule is CN(C)C1CCN(c2ccc(NC(=O)c3ccc(-c4ccc(N(O)O)cc4)cc3)cc2)C1. The van der Waals surface area contributed by atoms with Gasteiger partial charge >= 0.3 is 0 Å². The maximum atomic E-state index is 12.7. The second-order valence-corrected chi connectivity index (χ2v) is 8.27. The molecular formula is C25H28N4O3. The minimum Gasteiger partial charge on any atom is -0.370 e. The molecule has 32 heavy (non-hydrogen) atoms. The smallest absolute Gasteiger partial charge is 0.255 e. The molecule has 3 aromatic carbocycles. The van der Waals surface area contributed by atoms with Gasteiger partial charge in [-0.25, -0.2) is 0 Å². The number of likely N-dealkylation sites (N-methyl/N-ethyl adjacent to an activating group) is 1. The molecule has 1 heterocycles. The van der Waals surface area contributed by atoms with Crippen LogP contribution in [0.3, 0.4) is 0 Å². The zero-order valence-electron chi connectivity index (χ0n) is 18.3. The van der Waals surface area contributed by atoms with Gasteiger partial charge in [-0.05, 0) is 80.2 Å². The minimum atomic E-state index is -0.162. The van der Waals surface area contributed by atoms with E-state index in [9.17, 15) is 4.79 Å². The number of nitrogens with zero attached hydrogens (tertiary/aromatic N) is 3. The second-order valence-electron chi connectivity index (χ2n) is 8.27. The summed E-state index contributed by atoms with van der Waals surface area (Å²) in [5.74, 6) is -0.162. The Morgan fingerprint density at radius 3 is 2.03 bits per heavy atom. The summed E-state index contributed by atoms with van der Waals surface area (Å²) in [4.78, 5) is 17.3. The molecule has 1 saturated heterocycles. The molecule has 3 aromatic rings. The maximum absolute atomic E-state index is 12.7. The first-order chi connectivity index (χ1) is 15.4. The van der Waals surface area contributed by atoms with Crippen molar-refractivity contribution in [1.82, 2.24) is 4.90 Å². The maximum Gasteiger partial charge on any atom is 0.255 e. The molecule has 4 rings (SSSR count). The largest absolute Gasteiger partial charge is 0.370 e. The highest BCUT2D eigenvalue weighted by atomic mass is 16.8. The van der Waals surface area contributed by atoms with E-state index in [1.807, 2.05) is 24.3 Å². The van der Waals surface area contributed by atoms with Gasteiger partial charge in [0, 0.05) is 36.1 Å². The number of carbonyl (C=O) groups is 1. The molecule has 1 unspecified atom stereocenters. The Balaban J connectivity index is 1.37. The van der Waals surface area contributed by atoms with Crippen LogP contribution in [-0.4, -0.2) is 54.4 Å². The molecule has 1 atom stereocenters. The summed E-state index contributed by atoms with van der Waals surface area (Å²) in [5, 5.41) is 21.1. The van der Waals surface area contributed by atoms with Gasteiger partial charge in [-0.2, -0.15) is 0 Å². The molecule has 1 aliphatic rings. The van der Waals surface area contributed by atoms with Crippen LogP contribution in [0.25, 0.3) is 11.1 Å². The fourth-order valence-corrected chi connectivity index (χ4v) is 3.96. The van der Waals surface area contributed by atoms with Gasteiger partial charge in [0.05, 0.1) is 5.69 Å². The van der Waals surface area contributed by atoms with Gasteiger partial charge in [-0.1, -0.05) is 24.3 Å². The predicted molar refractivity (Wildman–Crippen MR) is 127 cm³/mol. The number of hydrogen-bond acceptors (Lipinski definition) is 6. The Bertz CT molecular complexity index is 1050. The third-order valence-corrected chi connectivity index (χ3v) is 5.96. The lowest BCUT2D eigenvalue weighted by Gasteiger charge is -2.22. The molecule has 1 aliphatic heterocycles. The summed E-state index contributed by atoms with van der Waals surface area (Å²) in [6, 6.07) is 22.6. The summed E-state index contributed by atoms with van der Waals surface area (Å²) in [7, 11) is 4.24. The van der Waals surface area contributed by atoms with Crippen LogP contribution < -0.4 is 15.4 Å². The highest BCUT2D eigenvalue weighted by Crippen LogP contribution is 2.25. The van der Waals surface area contributed by atoms with Gasteiger partial charge < -0.3 is 15.1 Å². The first kappa shape index (κ1) is 21.8. The molecule has 0 bridgehead atoms. The Hall–Kier alpha value is -3.39. The van der Waals surface area contributed by atoms with Gasteiger partial charge in [-0.15, -0.1) is 5.23 Å². The Labute approximate surface area is 188 Å². The van der Waals surface area contributed by atoms with Crippen LogP contribution in [0.1, 0.15) is 16.8 Å². The van der Waals surface area contributed by atoms with Crippen LogP contribution >= 0.6 is 0 Å². The van der Waals surface area contributed by atoms with E-state index in [1.165, 1.54) is 5.69 Å². The molecule has 166 valence electrons. The van der Waals surface area contributed by atoms with Crippen molar-refractivity contribution in [2.24, 2.45) is 0 Å².